The van der Waals surface area contributed by atoms with E-state index in [2.05, 4.69) is 20.0 Å². The molecular formula is C25H22N4O4S2. The van der Waals surface area contributed by atoms with Crippen LogP contribution in [0.3, 0.4) is 0 Å². The van der Waals surface area contributed by atoms with Crippen molar-refractivity contribution >= 4 is 49.0 Å². The van der Waals surface area contributed by atoms with Gasteiger partial charge in [0, 0.05) is 22.7 Å². The van der Waals surface area contributed by atoms with E-state index in [9.17, 15) is 13.2 Å². The molecule has 0 bridgehead atoms. The summed E-state index contributed by atoms with van der Waals surface area (Å²) in [5, 5.41) is 5.49. The van der Waals surface area contributed by atoms with Gasteiger partial charge in [0.25, 0.3) is 15.9 Å². The number of furan rings is 1. The highest BCUT2D eigenvalue weighted by Crippen LogP contribution is 2.27. The summed E-state index contributed by atoms with van der Waals surface area (Å²) >= 11 is 1.19. The second-order valence-electron chi connectivity index (χ2n) is 7.40. The molecule has 0 aliphatic carbocycles. The largest absolute Gasteiger partial charge is 0.460 e. The lowest BCUT2D eigenvalue weighted by molar-refractivity contribution is 0.102. The Morgan fingerprint density at radius 3 is 2.49 bits per heavy atom. The van der Waals surface area contributed by atoms with E-state index >= 15 is 0 Å². The highest BCUT2D eigenvalue weighted by molar-refractivity contribution is 7.93. The Morgan fingerprint density at radius 2 is 1.80 bits per heavy atom. The molecule has 3 heterocycles. The fraction of sp³-hybridized carbons (Fsp3) is 0.0800. The van der Waals surface area contributed by atoms with Gasteiger partial charge in [-0.15, -0.1) is 11.3 Å². The van der Waals surface area contributed by atoms with Crippen molar-refractivity contribution in [2.75, 3.05) is 10.0 Å². The van der Waals surface area contributed by atoms with E-state index in [-0.39, 0.29) is 23.4 Å². The number of rotatable bonds is 6. The average Bonchev–Trinajstić information content (AvgIpc) is 3.50. The van der Waals surface area contributed by atoms with Crippen molar-refractivity contribution in [3.05, 3.63) is 89.6 Å². The van der Waals surface area contributed by atoms with Crippen molar-refractivity contribution in [3.63, 3.8) is 0 Å². The molecule has 1 amide bonds. The number of hydrogen-bond donors (Lipinski definition) is 2. The molecule has 3 aromatic heterocycles. The fourth-order valence-electron chi connectivity index (χ4n) is 3.43. The number of para-hydroxylation sites is 1. The summed E-state index contributed by atoms with van der Waals surface area (Å²) in [5.74, 6) is 0.967. The quantitative estimate of drug-likeness (QED) is 0.294. The highest BCUT2D eigenvalue weighted by Gasteiger charge is 2.18. The number of sulfonamides is 1. The molecule has 0 saturated carbocycles. The maximum Gasteiger partial charge on any atom is 0.263 e. The molecule has 10 heteroatoms. The van der Waals surface area contributed by atoms with Gasteiger partial charge in [-0.25, -0.2) is 18.4 Å². The predicted octanol–water partition coefficient (Wildman–Crippen LogP) is 5.95. The first-order valence-corrected chi connectivity index (χ1v) is 12.6. The number of aryl methyl sites for hydroxylation is 1. The van der Waals surface area contributed by atoms with Crippen molar-refractivity contribution in [3.8, 4) is 11.5 Å². The summed E-state index contributed by atoms with van der Waals surface area (Å²) in [6.07, 6.45) is 1.52. The monoisotopic (exact) mass is 506 g/mol. The summed E-state index contributed by atoms with van der Waals surface area (Å²) in [4.78, 5) is 21.8. The highest BCUT2D eigenvalue weighted by atomic mass is 32.2. The molecule has 0 radical (unpaired) electrons. The Balaban J connectivity index is 0.00000289. The summed E-state index contributed by atoms with van der Waals surface area (Å²) in [7, 11) is -3.78. The van der Waals surface area contributed by atoms with E-state index in [4.69, 9.17) is 4.42 Å². The molecule has 0 fully saturated rings. The number of aromatic nitrogens is 2. The topological polar surface area (TPSA) is 114 Å². The number of thiazole rings is 1. The summed E-state index contributed by atoms with van der Waals surface area (Å²) < 4.78 is 33.2. The molecular weight excluding hydrogens is 484 g/mol. The number of anilines is 2. The fourth-order valence-corrected chi connectivity index (χ4v) is 5.21. The molecule has 35 heavy (non-hydrogen) atoms. The maximum atomic E-state index is 13.2. The summed E-state index contributed by atoms with van der Waals surface area (Å²) in [6, 6.07) is 18.6. The minimum atomic E-state index is -3.78. The van der Waals surface area contributed by atoms with Gasteiger partial charge in [0.05, 0.1) is 16.0 Å². The predicted molar refractivity (Wildman–Crippen MR) is 138 cm³/mol. The van der Waals surface area contributed by atoms with Gasteiger partial charge in [0.2, 0.25) is 0 Å². The molecule has 0 atom stereocenters. The SMILES string of the molecule is C.Cc1ccc(-c2cc(C(=O)Nc3ccc(S(=O)(=O)Nc4nccs4)cc3)c3ccccc3n2)o1. The van der Waals surface area contributed by atoms with E-state index in [1.54, 1.807) is 11.4 Å². The van der Waals surface area contributed by atoms with Crippen LogP contribution in [0.5, 0.6) is 0 Å². The lowest BCUT2D eigenvalue weighted by Gasteiger charge is -2.11. The van der Waals surface area contributed by atoms with Crippen LogP contribution in [0.15, 0.2) is 87.6 Å². The van der Waals surface area contributed by atoms with Crippen LogP contribution in [0.25, 0.3) is 22.4 Å². The lowest BCUT2D eigenvalue weighted by atomic mass is 10.1. The number of benzene rings is 2. The number of amides is 1. The Hall–Kier alpha value is -4.02. The van der Waals surface area contributed by atoms with Crippen LogP contribution in [0.4, 0.5) is 10.8 Å². The summed E-state index contributed by atoms with van der Waals surface area (Å²) in [5.41, 5.74) is 2.09. The third kappa shape index (κ3) is 5.08. The molecule has 2 N–H and O–H groups in total. The molecule has 0 aliphatic rings. The standard InChI is InChI=1S/C24H18N4O4S2.CH4/c1-15-6-11-22(32-15)21-14-19(18-4-2-3-5-20(18)27-21)23(29)26-16-7-9-17(10-8-16)34(30,31)28-24-25-12-13-33-24;/h2-14H,1H3,(H,25,28)(H,26,29);1H4. The van der Waals surface area contributed by atoms with Crippen molar-refractivity contribution < 1.29 is 17.6 Å². The van der Waals surface area contributed by atoms with Gasteiger partial charge in [0.1, 0.15) is 11.5 Å². The minimum absolute atomic E-state index is 0. The van der Waals surface area contributed by atoms with Crippen LogP contribution in [-0.2, 0) is 10.0 Å². The molecule has 0 aliphatic heterocycles. The van der Waals surface area contributed by atoms with Crippen LogP contribution in [0, 0.1) is 6.92 Å². The van der Waals surface area contributed by atoms with Crippen molar-refractivity contribution in [2.24, 2.45) is 0 Å². The van der Waals surface area contributed by atoms with Gasteiger partial charge in [-0.3, -0.25) is 9.52 Å². The van der Waals surface area contributed by atoms with Crippen LogP contribution in [0.1, 0.15) is 23.5 Å². The molecule has 0 spiro atoms. The second-order valence-corrected chi connectivity index (χ2v) is 9.98. The Morgan fingerprint density at radius 1 is 1.03 bits per heavy atom. The minimum Gasteiger partial charge on any atom is -0.460 e. The second kappa shape index (κ2) is 9.69. The van der Waals surface area contributed by atoms with E-state index < -0.39 is 10.0 Å². The van der Waals surface area contributed by atoms with E-state index in [1.165, 1.54) is 41.8 Å². The molecule has 5 rings (SSSR count). The third-order valence-electron chi connectivity index (χ3n) is 5.03. The Kier molecular flexibility index (Phi) is 6.68. The third-order valence-corrected chi connectivity index (χ3v) is 7.20. The molecule has 0 unspecified atom stereocenters. The van der Waals surface area contributed by atoms with Crippen LogP contribution in [0.2, 0.25) is 0 Å². The van der Waals surface area contributed by atoms with Gasteiger partial charge in [-0.1, -0.05) is 25.6 Å². The lowest BCUT2D eigenvalue weighted by Crippen LogP contribution is -2.14. The molecule has 8 nitrogen and oxygen atoms in total. The van der Waals surface area contributed by atoms with Crippen molar-refractivity contribution in [1.29, 1.82) is 0 Å². The number of carbonyl (C=O) groups excluding carboxylic acids is 1. The summed E-state index contributed by atoms with van der Waals surface area (Å²) in [6.45, 7) is 1.84. The zero-order valence-corrected chi connectivity index (χ0v) is 19.5. The maximum absolute atomic E-state index is 13.2. The van der Waals surface area contributed by atoms with Gasteiger partial charge < -0.3 is 9.73 Å². The number of hydrogen-bond acceptors (Lipinski definition) is 7. The number of pyridine rings is 1. The van der Waals surface area contributed by atoms with Gasteiger partial charge in [0.15, 0.2) is 10.9 Å². The molecule has 178 valence electrons. The number of fused-ring (bicyclic) bond motifs is 1. The zero-order chi connectivity index (χ0) is 23.7. The van der Waals surface area contributed by atoms with Crippen molar-refractivity contribution in [1.82, 2.24) is 9.97 Å². The first kappa shape index (κ1) is 24.1. The normalized spacial score (nSPS) is 11.1. The van der Waals surface area contributed by atoms with Gasteiger partial charge in [-0.05, 0) is 55.5 Å². The first-order valence-electron chi connectivity index (χ1n) is 10.2. The zero-order valence-electron chi connectivity index (χ0n) is 17.8. The smallest absolute Gasteiger partial charge is 0.263 e. The van der Waals surface area contributed by atoms with E-state index in [1.807, 2.05) is 43.3 Å². The van der Waals surface area contributed by atoms with Crippen LogP contribution in [-0.4, -0.2) is 24.3 Å². The van der Waals surface area contributed by atoms with Crippen LogP contribution >= 0.6 is 11.3 Å². The Labute approximate surface area is 206 Å². The number of nitrogens with one attached hydrogen (secondary N) is 2. The molecule has 0 saturated heterocycles. The van der Waals surface area contributed by atoms with E-state index in [0.29, 0.717) is 33.6 Å². The van der Waals surface area contributed by atoms with Gasteiger partial charge in [-0.2, -0.15) is 0 Å². The molecule has 2 aromatic carbocycles. The number of nitrogens with zero attached hydrogens (tertiary/aromatic N) is 2. The molecule has 5 aromatic rings. The number of carbonyl (C=O) groups is 1. The van der Waals surface area contributed by atoms with Crippen LogP contribution < -0.4 is 10.0 Å². The van der Waals surface area contributed by atoms with Crippen molar-refractivity contribution in [2.45, 2.75) is 19.2 Å². The first-order chi connectivity index (χ1) is 16.4. The Bertz CT molecular complexity index is 1590. The average molecular weight is 507 g/mol. The van der Waals surface area contributed by atoms with Gasteiger partial charge >= 0.3 is 0 Å². The van der Waals surface area contributed by atoms with E-state index in [0.717, 1.165) is 5.76 Å².